The van der Waals surface area contributed by atoms with E-state index in [1.54, 1.807) is 28.4 Å². The monoisotopic (exact) mass is 271 g/mol. The third kappa shape index (κ3) is 2.24. The first-order valence-corrected chi connectivity index (χ1v) is 7.19. The maximum Gasteiger partial charge on any atom is 0.357 e. The molecule has 2 rings (SSSR count). The van der Waals surface area contributed by atoms with Gasteiger partial charge in [-0.05, 0) is 5.75 Å². The molecule has 2 heterocycles. The second-order valence-electron chi connectivity index (χ2n) is 3.50. The Balaban J connectivity index is 2.17. The van der Waals surface area contributed by atoms with E-state index in [2.05, 4.69) is 6.58 Å². The fourth-order valence-electron chi connectivity index (χ4n) is 1.65. The van der Waals surface area contributed by atoms with E-state index in [0.29, 0.717) is 12.1 Å². The van der Waals surface area contributed by atoms with Crippen molar-refractivity contribution in [3.8, 4) is 0 Å². The van der Waals surface area contributed by atoms with Crippen LogP contribution in [-0.2, 0) is 14.3 Å². The molecule has 4 nitrogen and oxygen atoms in total. The van der Waals surface area contributed by atoms with Crippen molar-refractivity contribution in [1.82, 2.24) is 4.90 Å². The Bertz CT molecular complexity index is 406. The maximum absolute atomic E-state index is 11.9. The number of rotatable bonds is 5. The minimum Gasteiger partial charge on any atom is -0.457 e. The third-order valence-electron chi connectivity index (χ3n) is 2.38. The predicted molar refractivity (Wildman–Crippen MR) is 69.2 cm³/mol. The lowest BCUT2D eigenvalue weighted by Crippen LogP contribution is -2.48. The van der Waals surface area contributed by atoms with E-state index >= 15 is 0 Å². The number of thioether (sulfide) groups is 2. The SMILES string of the molecule is C=CCOC(=O)C1=C(SCC)S[C@@H]2CC(=O)N12. The molecule has 6 heteroatoms. The normalized spacial score (nSPS) is 22.3. The van der Waals surface area contributed by atoms with Gasteiger partial charge in [0.1, 0.15) is 6.61 Å². The number of hydrogen-bond acceptors (Lipinski definition) is 5. The van der Waals surface area contributed by atoms with Crippen molar-refractivity contribution in [3.05, 3.63) is 22.6 Å². The molecule has 0 bridgehead atoms. The van der Waals surface area contributed by atoms with Crippen LogP contribution in [0.1, 0.15) is 13.3 Å². The summed E-state index contributed by atoms with van der Waals surface area (Å²) < 4.78 is 5.92. The molecule has 92 valence electrons. The highest BCUT2D eigenvalue weighted by atomic mass is 32.2. The van der Waals surface area contributed by atoms with Crippen LogP contribution < -0.4 is 0 Å². The zero-order valence-corrected chi connectivity index (χ0v) is 11.1. The minimum absolute atomic E-state index is 0.000226. The summed E-state index contributed by atoms with van der Waals surface area (Å²) in [4.78, 5) is 24.9. The molecular formula is C11H13NO3S2. The minimum atomic E-state index is -0.427. The summed E-state index contributed by atoms with van der Waals surface area (Å²) in [5.41, 5.74) is 0.421. The maximum atomic E-state index is 11.9. The first kappa shape index (κ1) is 12.6. The van der Waals surface area contributed by atoms with Gasteiger partial charge in [0.15, 0.2) is 5.70 Å². The molecule has 1 amide bonds. The van der Waals surface area contributed by atoms with E-state index in [0.717, 1.165) is 9.99 Å². The van der Waals surface area contributed by atoms with E-state index in [9.17, 15) is 9.59 Å². The van der Waals surface area contributed by atoms with Crippen molar-refractivity contribution in [3.63, 3.8) is 0 Å². The molecule has 0 N–H and O–H groups in total. The summed E-state index contributed by atoms with van der Waals surface area (Å²) in [6.07, 6.45) is 2.03. The molecule has 1 fully saturated rings. The quantitative estimate of drug-likeness (QED) is 0.434. The molecular weight excluding hydrogens is 258 g/mol. The van der Waals surface area contributed by atoms with Crippen molar-refractivity contribution in [2.24, 2.45) is 0 Å². The van der Waals surface area contributed by atoms with Gasteiger partial charge in [0.25, 0.3) is 0 Å². The topological polar surface area (TPSA) is 46.6 Å². The van der Waals surface area contributed by atoms with Gasteiger partial charge in [-0.3, -0.25) is 9.69 Å². The number of nitrogens with zero attached hydrogens (tertiary/aromatic N) is 1. The Hall–Kier alpha value is -0.880. The zero-order valence-electron chi connectivity index (χ0n) is 9.47. The Morgan fingerprint density at radius 3 is 3.12 bits per heavy atom. The Labute approximate surface area is 108 Å². The zero-order chi connectivity index (χ0) is 12.4. The van der Waals surface area contributed by atoms with Gasteiger partial charge in [-0.15, -0.1) is 11.8 Å². The molecule has 0 aliphatic carbocycles. The number of ether oxygens (including phenoxy) is 1. The second kappa shape index (κ2) is 5.18. The van der Waals surface area contributed by atoms with Crippen LogP contribution in [0.5, 0.6) is 0 Å². The fraction of sp³-hybridized carbons (Fsp3) is 0.455. The van der Waals surface area contributed by atoms with Crippen LogP contribution in [0.3, 0.4) is 0 Å². The van der Waals surface area contributed by atoms with Crippen LogP contribution in [0.25, 0.3) is 0 Å². The van der Waals surface area contributed by atoms with Gasteiger partial charge < -0.3 is 4.74 Å². The Morgan fingerprint density at radius 2 is 2.53 bits per heavy atom. The highest BCUT2D eigenvalue weighted by Crippen LogP contribution is 2.50. The summed E-state index contributed by atoms with van der Waals surface area (Å²) in [5, 5.41) is 0.0998. The number of amides is 1. The van der Waals surface area contributed by atoms with Crippen LogP contribution in [-0.4, -0.2) is 34.5 Å². The predicted octanol–water partition coefficient (Wildman–Crippen LogP) is 1.94. The van der Waals surface area contributed by atoms with Crippen molar-refractivity contribution < 1.29 is 14.3 Å². The lowest BCUT2D eigenvalue weighted by atomic mass is 10.2. The van der Waals surface area contributed by atoms with Gasteiger partial charge in [-0.1, -0.05) is 31.3 Å². The smallest absolute Gasteiger partial charge is 0.357 e. The molecule has 2 aliphatic rings. The fourth-order valence-corrected chi connectivity index (χ4v) is 4.28. The van der Waals surface area contributed by atoms with Crippen LogP contribution in [0.15, 0.2) is 22.6 Å². The molecule has 0 saturated carbocycles. The average molecular weight is 271 g/mol. The summed E-state index contributed by atoms with van der Waals surface area (Å²) in [7, 11) is 0. The number of carbonyl (C=O) groups is 2. The van der Waals surface area contributed by atoms with Crippen LogP contribution >= 0.6 is 23.5 Å². The largest absolute Gasteiger partial charge is 0.457 e. The van der Waals surface area contributed by atoms with Gasteiger partial charge in [0.2, 0.25) is 5.91 Å². The van der Waals surface area contributed by atoms with Crippen LogP contribution in [0, 0.1) is 0 Å². The lowest BCUT2D eigenvalue weighted by molar-refractivity contribution is -0.148. The summed E-state index contributed by atoms with van der Waals surface area (Å²) in [6, 6.07) is 0. The molecule has 0 aromatic rings. The molecule has 0 aromatic carbocycles. The molecule has 2 aliphatic heterocycles. The van der Waals surface area contributed by atoms with Crippen molar-refractivity contribution >= 4 is 35.4 Å². The van der Waals surface area contributed by atoms with E-state index in [-0.39, 0.29) is 17.9 Å². The number of hydrogen-bond donors (Lipinski definition) is 0. The van der Waals surface area contributed by atoms with Gasteiger partial charge in [0.05, 0.1) is 16.0 Å². The molecule has 1 saturated heterocycles. The lowest BCUT2D eigenvalue weighted by Gasteiger charge is -2.34. The van der Waals surface area contributed by atoms with Crippen molar-refractivity contribution in [1.29, 1.82) is 0 Å². The van der Waals surface area contributed by atoms with E-state index in [1.807, 2.05) is 6.92 Å². The molecule has 0 spiro atoms. The first-order chi connectivity index (χ1) is 8.19. The third-order valence-corrected chi connectivity index (χ3v) is 4.83. The van der Waals surface area contributed by atoms with Crippen molar-refractivity contribution in [2.75, 3.05) is 12.4 Å². The van der Waals surface area contributed by atoms with E-state index in [1.165, 1.54) is 6.08 Å². The number of esters is 1. The van der Waals surface area contributed by atoms with Gasteiger partial charge in [0, 0.05) is 0 Å². The van der Waals surface area contributed by atoms with E-state index in [4.69, 9.17) is 4.74 Å². The molecule has 17 heavy (non-hydrogen) atoms. The second-order valence-corrected chi connectivity index (χ2v) is 6.22. The van der Waals surface area contributed by atoms with Crippen LogP contribution in [0.2, 0.25) is 0 Å². The van der Waals surface area contributed by atoms with Gasteiger partial charge >= 0.3 is 5.97 Å². The highest BCUT2D eigenvalue weighted by molar-refractivity contribution is 8.22. The molecule has 1 atom stereocenters. The van der Waals surface area contributed by atoms with Crippen molar-refractivity contribution in [2.45, 2.75) is 18.7 Å². The van der Waals surface area contributed by atoms with Gasteiger partial charge in [-0.2, -0.15) is 0 Å². The number of fused-ring (bicyclic) bond motifs is 1. The number of carbonyl (C=O) groups excluding carboxylic acids is 2. The summed E-state index contributed by atoms with van der Waals surface area (Å²) in [6.45, 7) is 5.68. The highest BCUT2D eigenvalue weighted by Gasteiger charge is 2.48. The van der Waals surface area contributed by atoms with Gasteiger partial charge in [-0.25, -0.2) is 4.79 Å². The Morgan fingerprint density at radius 1 is 1.76 bits per heavy atom. The van der Waals surface area contributed by atoms with Crippen LogP contribution in [0.4, 0.5) is 0 Å². The van der Waals surface area contributed by atoms with E-state index < -0.39 is 5.97 Å². The first-order valence-electron chi connectivity index (χ1n) is 5.32. The number of β-lactam (4-membered cyclic amide) rings is 1. The standard InChI is InChI=1S/C11H13NO3S2/c1-3-5-15-10(14)9-11(16-4-2)17-8-6-7(13)12(8)9/h3,8H,1,4-6H2,2H3/t8-/m1/s1. The summed E-state index contributed by atoms with van der Waals surface area (Å²) in [5.74, 6) is 0.443. The molecule has 0 radical (unpaired) electrons. The molecule has 0 unspecified atom stereocenters. The molecule has 0 aromatic heterocycles. The average Bonchev–Trinajstić information content (AvgIpc) is 2.59. The summed E-state index contributed by atoms with van der Waals surface area (Å²) >= 11 is 3.16. The Kier molecular flexibility index (Phi) is 3.83.